The molecule has 0 aliphatic carbocycles. The molecule has 0 aliphatic rings. The molecule has 3 aromatic rings. The van der Waals surface area contributed by atoms with Crippen LogP contribution in [0.1, 0.15) is 27.2 Å². The van der Waals surface area contributed by atoms with Crippen molar-refractivity contribution >= 4 is 21.6 Å². The second-order valence-corrected chi connectivity index (χ2v) is 8.61. The van der Waals surface area contributed by atoms with E-state index in [1.807, 2.05) is 0 Å². The van der Waals surface area contributed by atoms with Crippen molar-refractivity contribution in [2.45, 2.75) is 19.6 Å². The molecule has 0 aliphatic heterocycles. The van der Waals surface area contributed by atoms with Gasteiger partial charge in [-0.25, -0.2) is 13.1 Å². The lowest BCUT2D eigenvalue weighted by Gasteiger charge is -2.10. The largest absolute Gasteiger partial charge is 0.416 e. The molecule has 11 heteroatoms. The van der Waals surface area contributed by atoms with E-state index in [-0.39, 0.29) is 17.8 Å². The SMILES string of the molecule is Cc1c(C(=O)NCc2cccc(NS(C)(=O)=O)c2)cnn1-c1cccc(C(F)(F)F)c1. The van der Waals surface area contributed by atoms with E-state index < -0.39 is 27.7 Å². The minimum Gasteiger partial charge on any atom is -0.348 e. The van der Waals surface area contributed by atoms with Gasteiger partial charge < -0.3 is 5.32 Å². The Morgan fingerprint density at radius 2 is 1.84 bits per heavy atom. The first kappa shape index (κ1) is 22.3. The molecule has 0 saturated carbocycles. The van der Waals surface area contributed by atoms with Gasteiger partial charge in [-0.15, -0.1) is 0 Å². The lowest BCUT2D eigenvalue weighted by atomic mass is 10.1. The number of amides is 1. The van der Waals surface area contributed by atoms with Crippen molar-refractivity contribution in [1.82, 2.24) is 15.1 Å². The summed E-state index contributed by atoms with van der Waals surface area (Å²) in [4.78, 5) is 12.6. The topological polar surface area (TPSA) is 93.1 Å². The Labute approximate surface area is 176 Å². The summed E-state index contributed by atoms with van der Waals surface area (Å²) in [7, 11) is -3.43. The summed E-state index contributed by atoms with van der Waals surface area (Å²) in [6.45, 7) is 1.70. The van der Waals surface area contributed by atoms with Gasteiger partial charge in [0.2, 0.25) is 10.0 Å². The Kier molecular flexibility index (Phi) is 6.07. The number of sulfonamides is 1. The second-order valence-electron chi connectivity index (χ2n) is 6.86. The van der Waals surface area contributed by atoms with E-state index in [2.05, 4.69) is 15.1 Å². The van der Waals surface area contributed by atoms with Crippen LogP contribution in [-0.2, 0) is 22.7 Å². The number of carbonyl (C=O) groups is 1. The zero-order chi connectivity index (χ0) is 22.8. The molecule has 0 saturated heterocycles. The number of anilines is 1. The molecule has 31 heavy (non-hydrogen) atoms. The molecule has 164 valence electrons. The highest BCUT2D eigenvalue weighted by Crippen LogP contribution is 2.30. The molecule has 0 bridgehead atoms. The number of rotatable bonds is 6. The van der Waals surface area contributed by atoms with Gasteiger partial charge in [0.1, 0.15) is 0 Å². The van der Waals surface area contributed by atoms with Crippen molar-refractivity contribution in [2.24, 2.45) is 0 Å². The average molecular weight is 452 g/mol. The van der Waals surface area contributed by atoms with Crippen LogP contribution in [0.2, 0.25) is 0 Å². The summed E-state index contributed by atoms with van der Waals surface area (Å²) in [5, 5.41) is 6.75. The molecule has 0 unspecified atom stereocenters. The number of nitrogens with zero attached hydrogens (tertiary/aromatic N) is 2. The van der Waals surface area contributed by atoms with Crippen LogP contribution >= 0.6 is 0 Å². The van der Waals surface area contributed by atoms with Crippen molar-refractivity contribution < 1.29 is 26.4 Å². The number of hydrogen-bond donors (Lipinski definition) is 2. The zero-order valence-electron chi connectivity index (χ0n) is 16.6. The van der Waals surface area contributed by atoms with Gasteiger partial charge in [0.15, 0.2) is 0 Å². The van der Waals surface area contributed by atoms with Gasteiger partial charge in [0.25, 0.3) is 5.91 Å². The van der Waals surface area contributed by atoms with Gasteiger partial charge in [-0.3, -0.25) is 9.52 Å². The van der Waals surface area contributed by atoms with Crippen LogP contribution in [0.4, 0.5) is 18.9 Å². The van der Waals surface area contributed by atoms with Gasteiger partial charge in [0.05, 0.1) is 35.0 Å². The number of alkyl halides is 3. The first-order chi connectivity index (χ1) is 14.4. The fraction of sp³-hybridized carbons (Fsp3) is 0.200. The molecule has 2 N–H and O–H groups in total. The molecule has 2 aromatic carbocycles. The molecule has 3 rings (SSSR count). The molecule has 0 radical (unpaired) electrons. The van der Waals surface area contributed by atoms with E-state index in [1.165, 1.54) is 23.0 Å². The van der Waals surface area contributed by atoms with Crippen LogP contribution in [0.5, 0.6) is 0 Å². The Morgan fingerprint density at radius 1 is 1.13 bits per heavy atom. The second kappa shape index (κ2) is 8.42. The van der Waals surface area contributed by atoms with Crippen molar-refractivity contribution in [3.05, 3.63) is 77.1 Å². The molecule has 0 fully saturated rings. The van der Waals surface area contributed by atoms with Gasteiger partial charge >= 0.3 is 6.18 Å². The molecule has 1 amide bonds. The Morgan fingerprint density at radius 3 is 2.52 bits per heavy atom. The molecular weight excluding hydrogens is 433 g/mol. The first-order valence-electron chi connectivity index (χ1n) is 9.01. The maximum absolute atomic E-state index is 13.0. The fourth-order valence-electron chi connectivity index (χ4n) is 2.94. The smallest absolute Gasteiger partial charge is 0.348 e. The molecular formula is C20H19F3N4O3S. The highest BCUT2D eigenvalue weighted by atomic mass is 32.2. The average Bonchev–Trinajstić information content (AvgIpc) is 3.06. The first-order valence-corrected chi connectivity index (χ1v) is 10.9. The predicted octanol–water partition coefficient (Wildman–Crippen LogP) is 3.50. The number of nitrogens with one attached hydrogen (secondary N) is 2. The van der Waals surface area contributed by atoms with Gasteiger partial charge in [0, 0.05) is 12.2 Å². The maximum Gasteiger partial charge on any atom is 0.416 e. The summed E-state index contributed by atoms with van der Waals surface area (Å²) >= 11 is 0. The number of aromatic nitrogens is 2. The van der Waals surface area contributed by atoms with Crippen molar-refractivity contribution in [1.29, 1.82) is 0 Å². The van der Waals surface area contributed by atoms with Crippen LogP contribution < -0.4 is 10.0 Å². The summed E-state index contributed by atoms with van der Waals surface area (Å²) in [6.07, 6.45) is -2.17. The van der Waals surface area contributed by atoms with Crippen LogP contribution in [0.15, 0.2) is 54.7 Å². The maximum atomic E-state index is 13.0. The number of carbonyl (C=O) groups excluding carboxylic acids is 1. The Balaban J connectivity index is 1.75. The molecule has 1 heterocycles. The Bertz CT molecular complexity index is 1220. The highest BCUT2D eigenvalue weighted by molar-refractivity contribution is 7.92. The van der Waals surface area contributed by atoms with Crippen molar-refractivity contribution in [3.63, 3.8) is 0 Å². The Hall–Kier alpha value is -3.34. The van der Waals surface area contributed by atoms with E-state index in [4.69, 9.17) is 0 Å². The van der Waals surface area contributed by atoms with E-state index in [9.17, 15) is 26.4 Å². The third-order valence-corrected chi connectivity index (χ3v) is 4.96. The fourth-order valence-corrected chi connectivity index (χ4v) is 3.50. The van der Waals surface area contributed by atoms with Crippen LogP contribution in [-0.4, -0.2) is 30.4 Å². The third-order valence-electron chi connectivity index (χ3n) is 4.36. The highest BCUT2D eigenvalue weighted by Gasteiger charge is 2.30. The summed E-state index contributed by atoms with van der Waals surface area (Å²) in [5.41, 5.74) is 0.985. The minimum absolute atomic E-state index is 0.117. The summed E-state index contributed by atoms with van der Waals surface area (Å²) in [5.74, 6) is -0.461. The monoisotopic (exact) mass is 452 g/mol. The van der Waals surface area contributed by atoms with Crippen LogP contribution in [0, 0.1) is 6.92 Å². The quantitative estimate of drug-likeness (QED) is 0.599. The van der Waals surface area contributed by atoms with Crippen molar-refractivity contribution in [2.75, 3.05) is 11.0 Å². The standard InChI is InChI=1S/C20H19F3N4O3S/c1-13-18(12-25-27(13)17-8-4-6-15(10-17)20(21,22)23)19(28)24-11-14-5-3-7-16(9-14)26-31(2,29)30/h3-10,12,26H,11H2,1-2H3,(H,24,28). The van der Waals surface area contributed by atoms with E-state index in [0.717, 1.165) is 18.4 Å². The van der Waals surface area contributed by atoms with Crippen molar-refractivity contribution in [3.8, 4) is 5.69 Å². The van der Waals surface area contributed by atoms with Crippen LogP contribution in [0.25, 0.3) is 5.69 Å². The summed E-state index contributed by atoms with van der Waals surface area (Å²) in [6, 6.07) is 11.2. The zero-order valence-corrected chi connectivity index (χ0v) is 17.4. The van der Waals surface area contributed by atoms with E-state index in [0.29, 0.717) is 16.9 Å². The summed E-state index contributed by atoms with van der Waals surface area (Å²) < 4.78 is 65.2. The van der Waals surface area contributed by atoms with E-state index in [1.54, 1.807) is 31.2 Å². The third kappa shape index (κ3) is 5.63. The number of hydrogen-bond acceptors (Lipinski definition) is 4. The van der Waals surface area contributed by atoms with Gasteiger partial charge in [-0.05, 0) is 42.8 Å². The van der Waals surface area contributed by atoms with Gasteiger partial charge in [-0.1, -0.05) is 18.2 Å². The number of halogens is 3. The molecule has 0 spiro atoms. The molecule has 7 nitrogen and oxygen atoms in total. The lowest BCUT2D eigenvalue weighted by molar-refractivity contribution is -0.137. The minimum atomic E-state index is -4.49. The molecule has 0 atom stereocenters. The van der Waals surface area contributed by atoms with Gasteiger partial charge in [-0.2, -0.15) is 18.3 Å². The lowest BCUT2D eigenvalue weighted by Crippen LogP contribution is -2.23. The predicted molar refractivity (Wildman–Crippen MR) is 109 cm³/mol. The normalized spacial score (nSPS) is 11.9. The number of benzene rings is 2. The molecule has 1 aromatic heterocycles. The van der Waals surface area contributed by atoms with E-state index >= 15 is 0 Å². The van der Waals surface area contributed by atoms with Crippen LogP contribution in [0.3, 0.4) is 0 Å².